The maximum absolute atomic E-state index is 11.3. The van der Waals surface area contributed by atoms with Gasteiger partial charge in [0.15, 0.2) is 0 Å². The first kappa shape index (κ1) is 11.6. The quantitative estimate of drug-likeness (QED) is 0.816. The maximum Gasteiger partial charge on any atom is 0.223 e. The van der Waals surface area contributed by atoms with Gasteiger partial charge in [0.2, 0.25) is 5.91 Å². The smallest absolute Gasteiger partial charge is 0.223 e. The van der Waals surface area contributed by atoms with Crippen LogP contribution in [0, 0.1) is 6.92 Å². The lowest BCUT2D eigenvalue weighted by Gasteiger charge is -2.11. The van der Waals surface area contributed by atoms with E-state index >= 15 is 0 Å². The second-order valence-electron chi connectivity index (χ2n) is 3.83. The largest absolute Gasteiger partial charge is 0.385 e. The van der Waals surface area contributed by atoms with E-state index in [2.05, 4.69) is 24.4 Å². The lowest BCUT2D eigenvalue weighted by Crippen LogP contribution is -2.23. The highest BCUT2D eigenvalue weighted by Gasteiger charge is 2.02. The molecule has 0 aliphatic heterocycles. The summed E-state index contributed by atoms with van der Waals surface area (Å²) in [4.78, 5) is 12.9. The Balaban J connectivity index is 2.32. The number of hydrogen-bond acceptors (Lipinski definition) is 2. The van der Waals surface area contributed by atoms with Crippen LogP contribution in [0.1, 0.15) is 12.0 Å². The lowest BCUT2D eigenvalue weighted by molar-refractivity contribution is -0.128. The zero-order valence-corrected chi connectivity index (χ0v) is 9.58. The fourth-order valence-corrected chi connectivity index (χ4v) is 1.21. The van der Waals surface area contributed by atoms with Gasteiger partial charge in [-0.1, -0.05) is 17.7 Å². The van der Waals surface area contributed by atoms with Gasteiger partial charge in [-0.25, -0.2) is 0 Å². The molecule has 82 valence electrons. The molecule has 0 spiro atoms. The van der Waals surface area contributed by atoms with E-state index in [1.54, 1.807) is 19.0 Å². The van der Waals surface area contributed by atoms with Gasteiger partial charge in [-0.3, -0.25) is 4.79 Å². The van der Waals surface area contributed by atoms with Crippen molar-refractivity contribution in [3.05, 3.63) is 29.8 Å². The molecular weight excluding hydrogens is 188 g/mol. The van der Waals surface area contributed by atoms with Gasteiger partial charge >= 0.3 is 0 Å². The predicted molar refractivity (Wildman–Crippen MR) is 63.0 cm³/mol. The van der Waals surface area contributed by atoms with Crippen molar-refractivity contribution in [2.24, 2.45) is 0 Å². The van der Waals surface area contributed by atoms with Crippen molar-refractivity contribution in [1.82, 2.24) is 4.90 Å². The standard InChI is InChI=1S/C12H18N2O/c1-10-4-6-11(7-5-10)13-9-8-12(15)14(2)3/h4-7,13H,8-9H2,1-3H3. The molecule has 0 aliphatic rings. The third kappa shape index (κ3) is 4.02. The number of nitrogens with one attached hydrogen (secondary N) is 1. The Bertz CT molecular complexity index is 317. The fraction of sp³-hybridized carbons (Fsp3) is 0.417. The highest BCUT2D eigenvalue weighted by atomic mass is 16.2. The molecule has 1 aromatic rings. The minimum atomic E-state index is 0.148. The molecule has 0 bridgehead atoms. The summed E-state index contributed by atoms with van der Waals surface area (Å²) in [5.41, 5.74) is 2.30. The van der Waals surface area contributed by atoms with E-state index < -0.39 is 0 Å². The van der Waals surface area contributed by atoms with Crippen LogP contribution in [-0.4, -0.2) is 31.4 Å². The first-order chi connectivity index (χ1) is 7.09. The van der Waals surface area contributed by atoms with Crippen molar-refractivity contribution in [2.75, 3.05) is 26.0 Å². The first-order valence-corrected chi connectivity index (χ1v) is 5.10. The molecule has 0 radical (unpaired) electrons. The predicted octanol–water partition coefficient (Wildman–Crippen LogP) is 1.89. The summed E-state index contributed by atoms with van der Waals surface area (Å²) in [5, 5.41) is 3.21. The highest BCUT2D eigenvalue weighted by molar-refractivity contribution is 5.76. The lowest BCUT2D eigenvalue weighted by atomic mass is 10.2. The van der Waals surface area contributed by atoms with Gasteiger partial charge in [-0.15, -0.1) is 0 Å². The molecule has 1 N–H and O–H groups in total. The van der Waals surface area contributed by atoms with Crippen molar-refractivity contribution in [3.63, 3.8) is 0 Å². The number of amides is 1. The number of nitrogens with zero attached hydrogens (tertiary/aromatic N) is 1. The Morgan fingerprint density at radius 1 is 1.27 bits per heavy atom. The van der Waals surface area contributed by atoms with Crippen LogP contribution in [0.2, 0.25) is 0 Å². The third-order valence-electron chi connectivity index (χ3n) is 2.22. The van der Waals surface area contributed by atoms with E-state index in [4.69, 9.17) is 0 Å². The summed E-state index contributed by atoms with van der Waals surface area (Å²) in [6.07, 6.45) is 0.529. The zero-order chi connectivity index (χ0) is 11.3. The SMILES string of the molecule is Cc1ccc(NCCC(=O)N(C)C)cc1. The summed E-state index contributed by atoms with van der Waals surface area (Å²) in [5.74, 6) is 0.148. The molecule has 3 nitrogen and oxygen atoms in total. The van der Waals surface area contributed by atoms with Crippen LogP contribution in [-0.2, 0) is 4.79 Å². The molecular formula is C12H18N2O. The molecule has 0 aromatic heterocycles. The van der Waals surface area contributed by atoms with E-state index in [1.165, 1.54) is 5.56 Å². The van der Waals surface area contributed by atoms with Gasteiger partial charge in [-0.2, -0.15) is 0 Å². The molecule has 0 saturated heterocycles. The number of carbonyl (C=O) groups excluding carboxylic acids is 1. The van der Waals surface area contributed by atoms with Crippen LogP contribution in [0.5, 0.6) is 0 Å². The van der Waals surface area contributed by atoms with E-state index in [-0.39, 0.29) is 5.91 Å². The third-order valence-corrected chi connectivity index (χ3v) is 2.22. The van der Waals surface area contributed by atoms with Crippen LogP contribution >= 0.6 is 0 Å². The van der Waals surface area contributed by atoms with E-state index in [9.17, 15) is 4.79 Å². The Labute approximate surface area is 91.1 Å². The normalized spacial score (nSPS) is 9.80. The first-order valence-electron chi connectivity index (χ1n) is 5.10. The molecule has 0 unspecified atom stereocenters. The van der Waals surface area contributed by atoms with Crippen molar-refractivity contribution in [3.8, 4) is 0 Å². The Hall–Kier alpha value is -1.51. The van der Waals surface area contributed by atoms with Gasteiger partial charge in [-0.05, 0) is 19.1 Å². The zero-order valence-electron chi connectivity index (χ0n) is 9.58. The molecule has 15 heavy (non-hydrogen) atoms. The highest BCUT2D eigenvalue weighted by Crippen LogP contribution is 2.08. The van der Waals surface area contributed by atoms with Gasteiger partial charge in [0.1, 0.15) is 0 Å². The molecule has 0 atom stereocenters. The minimum Gasteiger partial charge on any atom is -0.385 e. The molecule has 1 amide bonds. The number of carbonyl (C=O) groups is 1. The number of benzene rings is 1. The monoisotopic (exact) mass is 206 g/mol. The van der Waals surface area contributed by atoms with Crippen LogP contribution in [0.15, 0.2) is 24.3 Å². The summed E-state index contributed by atoms with van der Waals surface area (Å²) >= 11 is 0. The Kier molecular flexibility index (Phi) is 4.16. The molecule has 0 fully saturated rings. The molecule has 1 aromatic carbocycles. The van der Waals surface area contributed by atoms with Crippen molar-refractivity contribution in [2.45, 2.75) is 13.3 Å². The fourth-order valence-electron chi connectivity index (χ4n) is 1.21. The van der Waals surface area contributed by atoms with Gasteiger partial charge in [0.05, 0.1) is 0 Å². The van der Waals surface area contributed by atoms with Crippen molar-refractivity contribution in [1.29, 1.82) is 0 Å². The number of hydrogen-bond donors (Lipinski definition) is 1. The average molecular weight is 206 g/mol. The van der Waals surface area contributed by atoms with Crippen LogP contribution < -0.4 is 5.32 Å². The van der Waals surface area contributed by atoms with E-state index in [0.717, 1.165) is 5.69 Å². The minimum absolute atomic E-state index is 0.148. The average Bonchev–Trinajstić information content (AvgIpc) is 2.20. The summed E-state index contributed by atoms with van der Waals surface area (Å²) in [6, 6.07) is 8.15. The van der Waals surface area contributed by atoms with Gasteiger partial charge in [0.25, 0.3) is 0 Å². The summed E-state index contributed by atoms with van der Waals surface area (Å²) in [7, 11) is 3.54. The van der Waals surface area contributed by atoms with Crippen molar-refractivity contribution >= 4 is 11.6 Å². The second-order valence-corrected chi connectivity index (χ2v) is 3.83. The summed E-state index contributed by atoms with van der Waals surface area (Å²) in [6.45, 7) is 2.74. The van der Waals surface area contributed by atoms with E-state index in [0.29, 0.717) is 13.0 Å². The second kappa shape index (κ2) is 5.39. The van der Waals surface area contributed by atoms with Crippen LogP contribution in [0.25, 0.3) is 0 Å². The van der Waals surface area contributed by atoms with Gasteiger partial charge < -0.3 is 10.2 Å². The van der Waals surface area contributed by atoms with Crippen LogP contribution in [0.3, 0.4) is 0 Å². The maximum atomic E-state index is 11.3. The molecule has 0 heterocycles. The van der Waals surface area contributed by atoms with Crippen LogP contribution in [0.4, 0.5) is 5.69 Å². The molecule has 1 rings (SSSR count). The molecule has 0 saturated carbocycles. The Morgan fingerprint density at radius 2 is 1.87 bits per heavy atom. The van der Waals surface area contributed by atoms with E-state index in [1.807, 2.05) is 12.1 Å². The molecule has 0 aliphatic carbocycles. The number of rotatable bonds is 4. The Morgan fingerprint density at radius 3 is 2.40 bits per heavy atom. The molecule has 3 heteroatoms. The summed E-state index contributed by atoms with van der Waals surface area (Å²) < 4.78 is 0. The van der Waals surface area contributed by atoms with Gasteiger partial charge in [0, 0.05) is 32.7 Å². The number of aryl methyl sites for hydroxylation is 1. The van der Waals surface area contributed by atoms with Crippen molar-refractivity contribution < 1.29 is 4.79 Å². The number of anilines is 1. The topological polar surface area (TPSA) is 32.3 Å².